The maximum atomic E-state index is 6.00. The molecule has 0 bridgehead atoms. The SMILES string of the molecule is CCOC1C(N)CC1Oc1ccccc1CC. The minimum Gasteiger partial charge on any atom is -0.487 e. The molecule has 0 saturated heterocycles. The Bertz CT molecular complexity index is 367. The van der Waals surface area contributed by atoms with E-state index in [1.165, 1.54) is 5.56 Å². The molecule has 0 amide bonds. The summed E-state index contributed by atoms with van der Waals surface area (Å²) >= 11 is 0. The van der Waals surface area contributed by atoms with Gasteiger partial charge in [0.05, 0.1) is 0 Å². The molecular formula is C14H21NO2. The molecule has 1 aliphatic carbocycles. The summed E-state index contributed by atoms with van der Waals surface area (Å²) in [4.78, 5) is 0. The van der Waals surface area contributed by atoms with Crippen molar-refractivity contribution >= 4 is 0 Å². The second-order valence-electron chi connectivity index (χ2n) is 4.44. The molecule has 17 heavy (non-hydrogen) atoms. The summed E-state index contributed by atoms with van der Waals surface area (Å²) in [6.45, 7) is 4.81. The first-order valence-corrected chi connectivity index (χ1v) is 6.38. The number of hydrogen-bond donors (Lipinski definition) is 1. The van der Waals surface area contributed by atoms with Crippen molar-refractivity contribution in [3.63, 3.8) is 0 Å². The summed E-state index contributed by atoms with van der Waals surface area (Å²) in [5, 5.41) is 0. The molecule has 0 aromatic heterocycles. The van der Waals surface area contributed by atoms with Gasteiger partial charge in [-0.25, -0.2) is 0 Å². The number of ether oxygens (including phenoxy) is 2. The van der Waals surface area contributed by atoms with Crippen LogP contribution in [0.1, 0.15) is 25.8 Å². The van der Waals surface area contributed by atoms with Crippen LogP contribution < -0.4 is 10.5 Å². The summed E-state index contributed by atoms with van der Waals surface area (Å²) in [6, 6.07) is 8.28. The lowest BCUT2D eigenvalue weighted by atomic mass is 9.86. The third kappa shape index (κ3) is 2.61. The lowest BCUT2D eigenvalue weighted by molar-refractivity contribution is -0.0947. The van der Waals surface area contributed by atoms with Crippen LogP contribution in [-0.2, 0) is 11.2 Å². The van der Waals surface area contributed by atoms with Gasteiger partial charge >= 0.3 is 0 Å². The van der Waals surface area contributed by atoms with Crippen molar-refractivity contribution in [2.24, 2.45) is 5.73 Å². The van der Waals surface area contributed by atoms with E-state index in [2.05, 4.69) is 13.0 Å². The molecule has 1 fully saturated rings. The summed E-state index contributed by atoms with van der Waals surface area (Å²) in [5.41, 5.74) is 7.16. The minimum absolute atomic E-state index is 0.0462. The van der Waals surface area contributed by atoms with E-state index >= 15 is 0 Å². The van der Waals surface area contributed by atoms with Gasteiger partial charge in [0, 0.05) is 19.1 Å². The maximum Gasteiger partial charge on any atom is 0.128 e. The first-order valence-electron chi connectivity index (χ1n) is 6.38. The number of nitrogens with two attached hydrogens (primary N) is 1. The van der Waals surface area contributed by atoms with E-state index in [0.717, 1.165) is 18.6 Å². The third-order valence-electron chi connectivity index (χ3n) is 3.28. The van der Waals surface area contributed by atoms with Crippen molar-refractivity contribution in [2.75, 3.05) is 6.61 Å². The fraction of sp³-hybridized carbons (Fsp3) is 0.571. The molecule has 0 spiro atoms. The topological polar surface area (TPSA) is 44.5 Å². The second kappa shape index (κ2) is 5.52. The fourth-order valence-electron chi connectivity index (χ4n) is 2.23. The summed E-state index contributed by atoms with van der Waals surface area (Å²) in [7, 11) is 0. The maximum absolute atomic E-state index is 6.00. The number of hydrogen-bond acceptors (Lipinski definition) is 3. The largest absolute Gasteiger partial charge is 0.487 e. The Labute approximate surface area is 103 Å². The van der Waals surface area contributed by atoms with Crippen LogP contribution in [0.3, 0.4) is 0 Å². The van der Waals surface area contributed by atoms with E-state index in [0.29, 0.717) is 6.61 Å². The summed E-state index contributed by atoms with van der Waals surface area (Å²) < 4.78 is 11.6. The van der Waals surface area contributed by atoms with Gasteiger partial charge in [-0.3, -0.25) is 0 Å². The Hall–Kier alpha value is -1.06. The van der Waals surface area contributed by atoms with Crippen LogP contribution in [0.5, 0.6) is 5.75 Å². The van der Waals surface area contributed by atoms with E-state index < -0.39 is 0 Å². The lowest BCUT2D eigenvalue weighted by Crippen LogP contribution is -2.59. The Kier molecular flexibility index (Phi) is 4.02. The molecule has 2 N–H and O–H groups in total. The highest BCUT2D eigenvalue weighted by molar-refractivity contribution is 5.33. The van der Waals surface area contributed by atoms with Crippen molar-refractivity contribution < 1.29 is 9.47 Å². The molecule has 1 saturated carbocycles. The highest BCUT2D eigenvalue weighted by Crippen LogP contribution is 2.29. The molecule has 94 valence electrons. The van der Waals surface area contributed by atoms with Crippen LogP contribution in [0.2, 0.25) is 0 Å². The predicted octanol–water partition coefficient (Wildman–Crippen LogP) is 2.13. The van der Waals surface area contributed by atoms with E-state index in [4.69, 9.17) is 15.2 Å². The Morgan fingerprint density at radius 1 is 1.29 bits per heavy atom. The minimum atomic E-state index is 0.0462. The molecule has 2 rings (SSSR count). The fourth-order valence-corrected chi connectivity index (χ4v) is 2.23. The number of rotatable bonds is 5. The molecule has 1 aliphatic rings. The van der Waals surface area contributed by atoms with Gasteiger partial charge in [0.2, 0.25) is 0 Å². The second-order valence-corrected chi connectivity index (χ2v) is 4.44. The Balaban J connectivity index is 2.01. The smallest absolute Gasteiger partial charge is 0.128 e. The van der Waals surface area contributed by atoms with Crippen LogP contribution >= 0.6 is 0 Å². The lowest BCUT2D eigenvalue weighted by Gasteiger charge is -2.41. The number of aryl methyl sites for hydroxylation is 1. The van der Waals surface area contributed by atoms with E-state index in [9.17, 15) is 0 Å². The first-order chi connectivity index (χ1) is 8.26. The van der Waals surface area contributed by atoms with Crippen molar-refractivity contribution in [3.8, 4) is 5.75 Å². The van der Waals surface area contributed by atoms with Gasteiger partial charge in [-0.2, -0.15) is 0 Å². The van der Waals surface area contributed by atoms with Crippen LogP contribution in [-0.4, -0.2) is 24.9 Å². The van der Waals surface area contributed by atoms with E-state index in [1.807, 2.05) is 25.1 Å². The van der Waals surface area contributed by atoms with Gasteiger partial charge < -0.3 is 15.2 Å². The Morgan fingerprint density at radius 2 is 2.06 bits per heavy atom. The molecule has 0 radical (unpaired) electrons. The molecule has 3 nitrogen and oxygen atoms in total. The van der Waals surface area contributed by atoms with Gasteiger partial charge in [-0.15, -0.1) is 0 Å². The molecule has 3 heteroatoms. The van der Waals surface area contributed by atoms with E-state index in [1.54, 1.807) is 0 Å². The molecule has 3 unspecified atom stereocenters. The summed E-state index contributed by atoms with van der Waals surface area (Å²) in [5.74, 6) is 0.969. The predicted molar refractivity (Wildman–Crippen MR) is 68.2 cm³/mol. The highest BCUT2D eigenvalue weighted by atomic mass is 16.5. The molecule has 1 aromatic rings. The third-order valence-corrected chi connectivity index (χ3v) is 3.28. The molecule has 0 aliphatic heterocycles. The quantitative estimate of drug-likeness (QED) is 0.850. The average molecular weight is 235 g/mol. The molecular weight excluding hydrogens is 214 g/mol. The molecule has 1 aromatic carbocycles. The average Bonchev–Trinajstić information content (AvgIpc) is 2.36. The van der Waals surface area contributed by atoms with Crippen molar-refractivity contribution in [1.29, 1.82) is 0 Å². The molecule has 0 heterocycles. The standard InChI is InChI=1S/C14H21NO2/c1-3-10-7-5-6-8-12(10)17-13-9-11(15)14(13)16-4-2/h5-8,11,13-14H,3-4,9,15H2,1-2H3. The molecule has 3 atom stereocenters. The van der Waals surface area contributed by atoms with Gasteiger partial charge in [-0.05, 0) is 25.0 Å². The monoisotopic (exact) mass is 235 g/mol. The van der Waals surface area contributed by atoms with Crippen molar-refractivity contribution in [1.82, 2.24) is 0 Å². The Morgan fingerprint density at radius 3 is 2.71 bits per heavy atom. The van der Waals surface area contributed by atoms with Crippen LogP contribution in [0.4, 0.5) is 0 Å². The summed E-state index contributed by atoms with van der Waals surface area (Å²) in [6.07, 6.45) is 2.01. The van der Waals surface area contributed by atoms with Crippen LogP contribution in [0.25, 0.3) is 0 Å². The zero-order chi connectivity index (χ0) is 12.3. The van der Waals surface area contributed by atoms with Gasteiger partial charge in [-0.1, -0.05) is 25.1 Å². The van der Waals surface area contributed by atoms with Crippen LogP contribution in [0.15, 0.2) is 24.3 Å². The van der Waals surface area contributed by atoms with E-state index in [-0.39, 0.29) is 18.2 Å². The first kappa shape index (κ1) is 12.4. The zero-order valence-electron chi connectivity index (χ0n) is 10.6. The number of para-hydroxylation sites is 1. The van der Waals surface area contributed by atoms with Crippen molar-refractivity contribution in [3.05, 3.63) is 29.8 Å². The van der Waals surface area contributed by atoms with Gasteiger partial charge in [0.15, 0.2) is 0 Å². The zero-order valence-corrected chi connectivity index (χ0v) is 10.6. The van der Waals surface area contributed by atoms with Crippen molar-refractivity contribution in [2.45, 2.75) is 44.9 Å². The van der Waals surface area contributed by atoms with Gasteiger partial charge in [0.1, 0.15) is 18.0 Å². The normalized spacial score (nSPS) is 27.6. The van der Waals surface area contributed by atoms with Crippen LogP contribution in [0, 0.1) is 0 Å². The number of benzene rings is 1. The highest BCUT2D eigenvalue weighted by Gasteiger charge is 2.41. The van der Waals surface area contributed by atoms with Gasteiger partial charge in [0.25, 0.3) is 0 Å².